The zero-order chi connectivity index (χ0) is 15.4. The van der Waals surface area contributed by atoms with Crippen molar-refractivity contribution in [3.05, 3.63) is 17.0 Å². The molecule has 1 aliphatic rings. The minimum atomic E-state index is -0.269. The first-order chi connectivity index (χ1) is 10.0. The molecule has 118 valence electrons. The van der Waals surface area contributed by atoms with Crippen molar-refractivity contribution in [1.29, 1.82) is 0 Å². The van der Waals surface area contributed by atoms with Crippen LogP contribution in [0.15, 0.2) is 4.52 Å². The molecule has 1 atom stereocenters. The summed E-state index contributed by atoms with van der Waals surface area (Å²) in [5.41, 5.74) is 1.70. The molecule has 2 heterocycles. The Morgan fingerprint density at radius 3 is 2.52 bits per heavy atom. The highest BCUT2D eigenvalue weighted by molar-refractivity contribution is 5.79. The smallest absolute Gasteiger partial charge is 0.227 e. The summed E-state index contributed by atoms with van der Waals surface area (Å²) in [5.74, 6) is 0.852. The third-order valence-corrected chi connectivity index (χ3v) is 4.17. The number of aryl methyl sites for hydroxylation is 2. The number of piperazine rings is 1. The van der Waals surface area contributed by atoms with Crippen LogP contribution in [0.1, 0.15) is 30.4 Å². The molecular formula is C15H25N3O3. The number of amides is 1. The predicted molar refractivity (Wildman–Crippen MR) is 79.0 cm³/mol. The number of hydrogen-bond donors (Lipinski definition) is 1. The third-order valence-electron chi connectivity index (χ3n) is 4.17. The molecular weight excluding hydrogens is 270 g/mol. The molecule has 0 saturated carbocycles. The fourth-order valence-corrected chi connectivity index (χ4v) is 2.62. The van der Waals surface area contributed by atoms with Crippen LogP contribution in [0.25, 0.3) is 0 Å². The van der Waals surface area contributed by atoms with Gasteiger partial charge in [-0.2, -0.15) is 0 Å². The van der Waals surface area contributed by atoms with Gasteiger partial charge in [0.15, 0.2) is 0 Å². The Morgan fingerprint density at radius 2 is 2.00 bits per heavy atom. The minimum Gasteiger partial charge on any atom is -0.392 e. The SMILES string of the molecule is CCC(O)CN1CCN(C(=O)Cc2c(C)noc2C)CC1. The van der Waals surface area contributed by atoms with Gasteiger partial charge in [-0.3, -0.25) is 9.69 Å². The van der Waals surface area contributed by atoms with Crippen LogP contribution in [0, 0.1) is 13.8 Å². The second kappa shape index (κ2) is 7.04. The monoisotopic (exact) mass is 295 g/mol. The average molecular weight is 295 g/mol. The van der Waals surface area contributed by atoms with E-state index in [1.54, 1.807) is 0 Å². The second-order valence-electron chi connectivity index (χ2n) is 5.72. The van der Waals surface area contributed by atoms with Crippen LogP contribution in [0.3, 0.4) is 0 Å². The fourth-order valence-electron chi connectivity index (χ4n) is 2.62. The highest BCUT2D eigenvalue weighted by Crippen LogP contribution is 2.15. The van der Waals surface area contributed by atoms with Crippen LogP contribution < -0.4 is 0 Å². The van der Waals surface area contributed by atoms with Crippen LogP contribution in [-0.2, 0) is 11.2 Å². The maximum atomic E-state index is 12.3. The summed E-state index contributed by atoms with van der Waals surface area (Å²) < 4.78 is 5.10. The van der Waals surface area contributed by atoms with Gasteiger partial charge in [0.25, 0.3) is 0 Å². The van der Waals surface area contributed by atoms with E-state index in [1.165, 1.54) is 0 Å². The maximum Gasteiger partial charge on any atom is 0.227 e. The van der Waals surface area contributed by atoms with Crippen molar-refractivity contribution in [2.45, 2.75) is 39.7 Å². The van der Waals surface area contributed by atoms with Gasteiger partial charge in [0.2, 0.25) is 5.91 Å². The molecule has 0 bridgehead atoms. The Hall–Kier alpha value is -1.40. The van der Waals surface area contributed by atoms with Crippen molar-refractivity contribution in [3.8, 4) is 0 Å². The number of aliphatic hydroxyl groups excluding tert-OH is 1. The lowest BCUT2D eigenvalue weighted by Crippen LogP contribution is -2.50. The molecule has 1 amide bonds. The van der Waals surface area contributed by atoms with Crippen molar-refractivity contribution < 1.29 is 14.4 Å². The number of hydrogen-bond acceptors (Lipinski definition) is 5. The topological polar surface area (TPSA) is 69.8 Å². The van der Waals surface area contributed by atoms with Gasteiger partial charge in [0.1, 0.15) is 5.76 Å². The summed E-state index contributed by atoms with van der Waals surface area (Å²) in [4.78, 5) is 16.4. The lowest BCUT2D eigenvalue weighted by molar-refractivity contribution is -0.132. The molecule has 0 spiro atoms. The fraction of sp³-hybridized carbons (Fsp3) is 0.733. The van der Waals surface area contributed by atoms with Crippen molar-refractivity contribution >= 4 is 5.91 Å². The van der Waals surface area contributed by atoms with E-state index in [1.807, 2.05) is 25.7 Å². The first-order valence-corrected chi connectivity index (χ1v) is 7.61. The first-order valence-electron chi connectivity index (χ1n) is 7.61. The van der Waals surface area contributed by atoms with Crippen molar-refractivity contribution in [2.75, 3.05) is 32.7 Å². The Kier molecular flexibility index (Phi) is 5.36. The number of carbonyl (C=O) groups is 1. The molecule has 0 radical (unpaired) electrons. The molecule has 0 aromatic carbocycles. The molecule has 1 fully saturated rings. The van der Waals surface area contributed by atoms with E-state index >= 15 is 0 Å². The number of β-amino-alcohol motifs (C(OH)–C–C–N with tert-alkyl or cyclic N) is 1. The van der Waals surface area contributed by atoms with Crippen LogP contribution in [0.5, 0.6) is 0 Å². The van der Waals surface area contributed by atoms with Crippen molar-refractivity contribution in [2.24, 2.45) is 0 Å². The highest BCUT2D eigenvalue weighted by Gasteiger charge is 2.23. The zero-order valence-corrected chi connectivity index (χ0v) is 13.1. The molecule has 0 aliphatic carbocycles. The van der Waals surface area contributed by atoms with Gasteiger partial charge in [-0.1, -0.05) is 12.1 Å². The van der Waals surface area contributed by atoms with Crippen LogP contribution in [0.2, 0.25) is 0 Å². The lowest BCUT2D eigenvalue weighted by Gasteiger charge is -2.35. The van der Waals surface area contributed by atoms with Gasteiger partial charge in [0, 0.05) is 38.3 Å². The molecule has 1 aromatic heterocycles. The minimum absolute atomic E-state index is 0.125. The van der Waals surface area contributed by atoms with Crippen LogP contribution >= 0.6 is 0 Å². The average Bonchev–Trinajstić information content (AvgIpc) is 2.79. The van der Waals surface area contributed by atoms with Gasteiger partial charge < -0.3 is 14.5 Å². The summed E-state index contributed by atoms with van der Waals surface area (Å²) in [6.45, 7) is 9.47. The summed E-state index contributed by atoms with van der Waals surface area (Å²) in [6, 6.07) is 0. The molecule has 21 heavy (non-hydrogen) atoms. The maximum absolute atomic E-state index is 12.3. The molecule has 1 aromatic rings. The van der Waals surface area contributed by atoms with Gasteiger partial charge in [-0.05, 0) is 20.3 Å². The number of nitrogens with zero attached hydrogens (tertiary/aromatic N) is 3. The normalized spacial score (nSPS) is 18.0. The first kappa shape index (κ1) is 16.0. The quantitative estimate of drug-likeness (QED) is 0.868. The summed E-state index contributed by atoms with van der Waals surface area (Å²) in [7, 11) is 0. The molecule has 1 aliphatic heterocycles. The van der Waals surface area contributed by atoms with E-state index in [-0.39, 0.29) is 12.0 Å². The van der Waals surface area contributed by atoms with E-state index in [9.17, 15) is 9.90 Å². The van der Waals surface area contributed by atoms with E-state index in [4.69, 9.17) is 4.52 Å². The molecule has 1 saturated heterocycles. The number of rotatable bonds is 5. The van der Waals surface area contributed by atoms with E-state index in [2.05, 4.69) is 10.1 Å². The number of aromatic nitrogens is 1. The van der Waals surface area contributed by atoms with Crippen LogP contribution in [0.4, 0.5) is 0 Å². The summed E-state index contributed by atoms with van der Waals surface area (Å²) in [6.07, 6.45) is 0.860. The molecule has 1 unspecified atom stereocenters. The predicted octanol–water partition coefficient (Wildman–Crippen LogP) is 0.749. The molecule has 1 N–H and O–H groups in total. The molecule has 6 nitrogen and oxygen atoms in total. The molecule has 2 rings (SSSR count). The van der Waals surface area contributed by atoms with Gasteiger partial charge in [-0.15, -0.1) is 0 Å². The highest BCUT2D eigenvalue weighted by atomic mass is 16.5. The zero-order valence-electron chi connectivity index (χ0n) is 13.1. The Morgan fingerprint density at radius 1 is 1.33 bits per heavy atom. The summed E-state index contributed by atoms with van der Waals surface area (Å²) >= 11 is 0. The standard InChI is InChI=1S/C15H25N3O3/c1-4-13(19)10-17-5-7-18(8-6-17)15(20)9-14-11(2)16-21-12(14)3/h13,19H,4-10H2,1-3H3. The van der Waals surface area contributed by atoms with E-state index in [0.29, 0.717) is 13.0 Å². The Balaban J connectivity index is 1.83. The number of carbonyl (C=O) groups excluding carboxylic acids is 1. The van der Waals surface area contributed by atoms with Crippen molar-refractivity contribution in [1.82, 2.24) is 15.0 Å². The lowest BCUT2D eigenvalue weighted by atomic mass is 10.1. The molecule has 6 heteroatoms. The Labute approximate surface area is 125 Å². The second-order valence-corrected chi connectivity index (χ2v) is 5.72. The third kappa shape index (κ3) is 4.04. The largest absolute Gasteiger partial charge is 0.392 e. The van der Waals surface area contributed by atoms with Gasteiger partial charge >= 0.3 is 0 Å². The summed E-state index contributed by atoms with van der Waals surface area (Å²) in [5, 5.41) is 13.6. The van der Waals surface area contributed by atoms with E-state index < -0.39 is 0 Å². The van der Waals surface area contributed by atoms with Crippen molar-refractivity contribution in [3.63, 3.8) is 0 Å². The Bertz CT molecular complexity index is 459. The number of aliphatic hydroxyl groups is 1. The van der Waals surface area contributed by atoms with E-state index in [0.717, 1.165) is 49.6 Å². The van der Waals surface area contributed by atoms with Crippen LogP contribution in [-0.4, -0.2) is 64.8 Å². The van der Waals surface area contributed by atoms with Gasteiger partial charge in [-0.25, -0.2) is 0 Å². The van der Waals surface area contributed by atoms with Gasteiger partial charge in [0.05, 0.1) is 18.2 Å².